The number of likely N-dealkylation sites (tertiary alicyclic amines) is 1. The zero-order valence-electron chi connectivity index (χ0n) is 26.1. The van der Waals surface area contributed by atoms with Gasteiger partial charge in [-0.2, -0.15) is 5.26 Å². The van der Waals surface area contributed by atoms with Crippen LogP contribution in [0.1, 0.15) is 62.4 Å². The number of amides is 2. The molecule has 236 valence electrons. The Bertz CT molecular complexity index is 1330. The first-order valence-electron chi connectivity index (χ1n) is 15.8. The van der Waals surface area contributed by atoms with Crippen molar-refractivity contribution in [3.05, 3.63) is 58.6 Å². The molecule has 3 fully saturated rings. The average molecular weight is 622 g/mol. The van der Waals surface area contributed by atoms with Crippen molar-refractivity contribution in [2.75, 3.05) is 63.8 Å². The summed E-state index contributed by atoms with van der Waals surface area (Å²) in [6.07, 6.45) is 3.57. The Labute approximate surface area is 266 Å². The lowest BCUT2D eigenvalue weighted by Crippen LogP contribution is -2.51. The number of halogens is 1. The SMILES string of the molecule is CC(C)(C)OC(=O)N1CCN(CC2CCN(c3ccc(C(=O)N4CCC(Oc5ccc(C#N)c(Cl)c5)CC4)cc3)CC2)CC1. The average Bonchev–Trinajstić information content (AvgIpc) is 3.01. The van der Waals surface area contributed by atoms with Crippen LogP contribution in [-0.2, 0) is 4.74 Å². The minimum absolute atomic E-state index is 0.00944. The van der Waals surface area contributed by atoms with Gasteiger partial charge in [0.05, 0.1) is 10.6 Å². The quantitative estimate of drug-likeness (QED) is 0.411. The van der Waals surface area contributed by atoms with Gasteiger partial charge in [-0.25, -0.2) is 4.79 Å². The van der Waals surface area contributed by atoms with E-state index in [2.05, 4.69) is 28.0 Å². The van der Waals surface area contributed by atoms with Crippen LogP contribution in [0.3, 0.4) is 0 Å². The number of benzene rings is 2. The molecule has 0 aliphatic carbocycles. The van der Waals surface area contributed by atoms with E-state index < -0.39 is 5.60 Å². The molecule has 3 aliphatic heterocycles. The van der Waals surface area contributed by atoms with E-state index in [1.807, 2.05) is 42.7 Å². The fourth-order valence-corrected chi connectivity index (χ4v) is 6.42. The van der Waals surface area contributed by atoms with Crippen LogP contribution in [0.5, 0.6) is 5.75 Å². The van der Waals surface area contributed by atoms with Crippen LogP contribution in [0, 0.1) is 17.2 Å². The standard InChI is InChI=1S/C34H44ClN5O4/c1-34(2,3)44-33(42)40-20-18-37(19-21-40)24-25-10-14-38(15-11-25)28-7-4-26(5-8-28)32(41)39-16-12-29(13-17-39)43-30-9-6-27(23-36)31(35)22-30/h4-9,22,25,29H,10-21,24H2,1-3H3. The third-order valence-electron chi connectivity index (χ3n) is 8.73. The van der Waals surface area contributed by atoms with Crippen molar-refractivity contribution >= 4 is 29.3 Å². The molecule has 9 nitrogen and oxygen atoms in total. The first kappa shape index (κ1) is 31.9. The molecular weight excluding hydrogens is 578 g/mol. The predicted octanol–water partition coefficient (Wildman–Crippen LogP) is 5.66. The Morgan fingerprint density at radius 2 is 1.55 bits per heavy atom. The highest BCUT2D eigenvalue weighted by atomic mass is 35.5. The van der Waals surface area contributed by atoms with E-state index in [0.29, 0.717) is 40.9 Å². The number of hydrogen-bond donors (Lipinski definition) is 0. The molecule has 0 unspecified atom stereocenters. The number of nitriles is 1. The van der Waals surface area contributed by atoms with Crippen molar-refractivity contribution in [3.8, 4) is 11.8 Å². The Kier molecular flexibility index (Phi) is 10.2. The van der Waals surface area contributed by atoms with Crippen LogP contribution >= 0.6 is 11.6 Å². The summed E-state index contributed by atoms with van der Waals surface area (Å²) in [6, 6.07) is 15.2. The second-order valence-corrected chi connectivity index (χ2v) is 13.5. The first-order valence-corrected chi connectivity index (χ1v) is 16.2. The molecule has 0 saturated carbocycles. The number of piperidine rings is 2. The van der Waals surface area contributed by atoms with E-state index in [1.165, 1.54) is 5.69 Å². The van der Waals surface area contributed by atoms with Crippen molar-refractivity contribution in [2.24, 2.45) is 5.92 Å². The van der Waals surface area contributed by atoms with Gasteiger partial charge in [-0.3, -0.25) is 9.69 Å². The molecule has 3 saturated heterocycles. The van der Waals surface area contributed by atoms with Gasteiger partial charge in [0.25, 0.3) is 5.91 Å². The van der Waals surface area contributed by atoms with Crippen molar-refractivity contribution < 1.29 is 19.1 Å². The van der Waals surface area contributed by atoms with Crippen molar-refractivity contribution in [1.82, 2.24) is 14.7 Å². The van der Waals surface area contributed by atoms with Gasteiger partial charge in [0.1, 0.15) is 23.5 Å². The zero-order valence-corrected chi connectivity index (χ0v) is 26.9. The van der Waals surface area contributed by atoms with Crippen molar-refractivity contribution in [1.29, 1.82) is 5.26 Å². The van der Waals surface area contributed by atoms with Gasteiger partial charge in [-0.1, -0.05) is 11.6 Å². The van der Waals surface area contributed by atoms with Gasteiger partial charge < -0.3 is 24.2 Å². The van der Waals surface area contributed by atoms with Gasteiger partial charge in [0.15, 0.2) is 0 Å². The summed E-state index contributed by atoms with van der Waals surface area (Å²) in [4.78, 5) is 34.2. The maximum atomic E-state index is 13.2. The molecular formula is C34H44ClN5O4. The number of carbonyl (C=O) groups excluding carboxylic acids is 2. The van der Waals surface area contributed by atoms with Crippen LogP contribution in [0.15, 0.2) is 42.5 Å². The molecule has 0 atom stereocenters. The second kappa shape index (κ2) is 14.1. The third kappa shape index (κ3) is 8.36. The summed E-state index contributed by atoms with van der Waals surface area (Å²) >= 11 is 6.14. The topological polar surface area (TPSA) is 89.3 Å². The minimum atomic E-state index is -0.461. The van der Waals surface area contributed by atoms with Gasteiger partial charge >= 0.3 is 6.09 Å². The molecule has 3 heterocycles. The van der Waals surface area contributed by atoms with Gasteiger partial charge in [0.2, 0.25) is 0 Å². The molecule has 10 heteroatoms. The Morgan fingerprint density at radius 1 is 0.886 bits per heavy atom. The predicted molar refractivity (Wildman–Crippen MR) is 171 cm³/mol. The maximum absolute atomic E-state index is 13.2. The molecule has 0 spiro atoms. The Hall–Kier alpha value is -3.48. The van der Waals surface area contributed by atoms with E-state index in [-0.39, 0.29) is 18.1 Å². The summed E-state index contributed by atoms with van der Waals surface area (Å²) in [5.41, 5.74) is 1.85. The highest BCUT2D eigenvalue weighted by molar-refractivity contribution is 6.31. The van der Waals surface area contributed by atoms with Crippen LogP contribution in [-0.4, -0.2) is 97.3 Å². The first-order chi connectivity index (χ1) is 21.1. The van der Waals surface area contributed by atoms with Crippen LogP contribution in [0.2, 0.25) is 5.02 Å². The highest BCUT2D eigenvalue weighted by Crippen LogP contribution is 2.27. The number of piperazine rings is 1. The lowest BCUT2D eigenvalue weighted by atomic mass is 9.95. The number of hydrogen-bond acceptors (Lipinski definition) is 7. The summed E-state index contributed by atoms with van der Waals surface area (Å²) in [5, 5.41) is 9.45. The van der Waals surface area contributed by atoms with Crippen molar-refractivity contribution in [2.45, 2.75) is 58.2 Å². The van der Waals surface area contributed by atoms with Gasteiger partial charge in [-0.05, 0) is 75.9 Å². The Balaban J connectivity index is 1.02. The normalized spacial score (nSPS) is 19.0. The summed E-state index contributed by atoms with van der Waals surface area (Å²) in [6.45, 7) is 13.3. The molecule has 0 radical (unpaired) electrons. The summed E-state index contributed by atoms with van der Waals surface area (Å²) in [7, 11) is 0. The van der Waals surface area contributed by atoms with Gasteiger partial charge in [0, 0.05) is 89.1 Å². The molecule has 0 bridgehead atoms. The zero-order chi connectivity index (χ0) is 31.3. The Morgan fingerprint density at radius 3 is 2.14 bits per heavy atom. The highest BCUT2D eigenvalue weighted by Gasteiger charge is 2.29. The monoisotopic (exact) mass is 621 g/mol. The van der Waals surface area contributed by atoms with E-state index in [0.717, 1.165) is 71.5 Å². The van der Waals surface area contributed by atoms with Crippen molar-refractivity contribution in [3.63, 3.8) is 0 Å². The number of anilines is 1. The number of nitrogens with zero attached hydrogens (tertiary/aromatic N) is 5. The lowest BCUT2D eigenvalue weighted by Gasteiger charge is -2.39. The molecule has 2 amide bonds. The third-order valence-corrected chi connectivity index (χ3v) is 9.04. The smallest absolute Gasteiger partial charge is 0.410 e. The van der Waals surface area contributed by atoms with E-state index in [1.54, 1.807) is 18.2 Å². The van der Waals surface area contributed by atoms with Gasteiger partial charge in [-0.15, -0.1) is 0 Å². The number of rotatable bonds is 6. The molecule has 2 aromatic rings. The maximum Gasteiger partial charge on any atom is 0.410 e. The summed E-state index contributed by atoms with van der Waals surface area (Å²) in [5.74, 6) is 1.36. The fraction of sp³-hybridized carbons (Fsp3) is 0.559. The molecule has 0 N–H and O–H groups in total. The summed E-state index contributed by atoms with van der Waals surface area (Å²) < 4.78 is 11.6. The van der Waals surface area contributed by atoms with E-state index in [9.17, 15) is 9.59 Å². The minimum Gasteiger partial charge on any atom is -0.490 e. The van der Waals surface area contributed by atoms with Crippen LogP contribution < -0.4 is 9.64 Å². The number of carbonyl (C=O) groups is 2. The lowest BCUT2D eigenvalue weighted by molar-refractivity contribution is 0.0130. The van der Waals surface area contributed by atoms with Crippen LogP contribution in [0.25, 0.3) is 0 Å². The van der Waals surface area contributed by atoms with E-state index >= 15 is 0 Å². The van der Waals surface area contributed by atoms with E-state index in [4.69, 9.17) is 26.3 Å². The van der Waals surface area contributed by atoms with Crippen LogP contribution in [0.4, 0.5) is 10.5 Å². The molecule has 5 rings (SSSR count). The fourth-order valence-electron chi connectivity index (χ4n) is 6.20. The largest absolute Gasteiger partial charge is 0.490 e. The molecule has 3 aliphatic rings. The molecule has 44 heavy (non-hydrogen) atoms. The molecule has 0 aromatic heterocycles. The molecule has 2 aromatic carbocycles. The number of ether oxygens (including phenoxy) is 2. The second-order valence-electron chi connectivity index (χ2n) is 13.1.